The molecule has 0 unspecified atom stereocenters. The van der Waals surface area contributed by atoms with Crippen LogP contribution < -0.4 is 5.10 Å². The third-order valence-corrected chi connectivity index (χ3v) is 1.39. The largest absolute Gasteiger partial charge is 0.574 e. The number of aromatic nitrogens is 3. The minimum atomic E-state index is 0. The smallest absolute Gasteiger partial charge is 0.0660 e. The van der Waals surface area contributed by atoms with Gasteiger partial charge >= 0.3 is 0 Å². The normalized spacial score (nSPS) is 8.54. The van der Waals surface area contributed by atoms with Crippen LogP contribution in [0.2, 0.25) is 0 Å². The summed E-state index contributed by atoms with van der Waals surface area (Å²) >= 11 is 0. The van der Waals surface area contributed by atoms with Crippen LogP contribution in [0.3, 0.4) is 0 Å². The molecular formula is C9H12N3Re-. The zero-order valence-corrected chi connectivity index (χ0v) is 10.7. The van der Waals surface area contributed by atoms with Gasteiger partial charge < -0.3 is 10.2 Å². The molecule has 0 spiro atoms. The first-order chi connectivity index (χ1) is 5.86. The molecule has 0 bridgehead atoms. The number of pyridine rings is 1. The number of hydrogen-bond donors (Lipinski definition) is 0. The van der Waals surface area contributed by atoms with Crippen LogP contribution in [0.4, 0.5) is 0 Å². The van der Waals surface area contributed by atoms with E-state index in [9.17, 15) is 0 Å². The van der Waals surface area contributed by atoms with Gasteiger partial charge in [-0.25, -0.2) is 0 Å². The van der Waals surface area contributed by atoms with Crippen LogP contribution in [-0.4, -0.2) is 10.1 Å². The van der Waals surface area contributed by atoms with Crippen molar-refractivity contribution in [3.8, 4) is 0 Å². The topological polar surface area (TPSA) is 39.9 Å². The predicted octanol–water partition coefficient (Wildman–Crippen LogP) is 1.92. The molecule has 0 N–H and O–H groups in total. The minimum absolute atomic E-state index is 0. The number of nitrogens with zero attached hydrogens (tertiary/aromatic N) is 3. The molecule has 0 aliphatic carbocycles. The van der Waals surface area contributed by atoms with Crippen molar-refractivity contribution in [1.82, 2.24) is 15.2 Å². The van der Waals surface area contributed by atoms with E-state index in [1.54, 1.807) is 6.20 Å². The summed E-state index contributed by atoms with van der Waals surface area (Å²) in [5.41, 5.74) is 2.74. The second-order valence-corrected chi connectivity index (χ2v) is 2.20. The van der Waals surface area contributed by atoms with Crippen LogP contribution in [0.25, 0.3) is 11.0 Å². The van der Waals surface area contributed by atoms with Crippen molar-refractivity contribution < 1.29 is 20.4 Å². The fraction of sp³-hybridized carbons (Fsp3) is 0.333. The molecule has 13 heavy (non-hydrogen) atoms. The molecule has 0 amide bonds. The molecule has 0 aliphatic heterocycles. The molecule has 2 rings (SSSR count). The maximum atomic E-state index is 4.21. The van der Waals surface area contributed by atoms with Gasteiger partial charge in [-0.15, -0.1) is 0 Å². The van der Waals surface area contributed by atoms with Gasteiger partial charge in [0.25, 0.3) is 0 Å². The van der Waals surface area contributed by atoms with Crippen molar-refractivity contribution in [1.29, 1.82) is 0 Å². The third kappa shape index (κ3) is 2.91. The molecule has 0 saturated heterocycles. The maximum Gasteiger partial charge on any atom is 0.0660 e. The Morgan fingerprint density at radius 1 is 1.23 bits per heavy atom. The Morgan fingerprint density at radius 3 is 2.62 bits per heavy atom. The van der Waals surface area contributed by atoms with Gasteiger partial charge in [-0.3, -0.25) is 4.98 Å². The van der Waals surface area contributed by atoms with Crippen LogP contribution >= 0.6 is 0 Å². The fourth-order valence-electron chi connectivity index (χ4n) is 0.895. The summed E-state index contributed by atoms with van der Waals surface area (Å²) in [7, 11) is 0. The number of rotatable bonds is 0. The van der Waals surface area contributed by atoms with E-state index < -0.39 is 0 Å². The maximum absolute atomic E-state index is 4.21. The van der Waals surface area contributed by atoms with Gasteiger partial charge in [0, 0.05) is 32.3 Å². The fourth-order valence-corrected chi connectivity index (χ4v) is 0.895. The van der Waals surface area contributed by atoms with Gasteiger partial charge in [-0.1, -0.05) is 25.4 Å². The van der Waals surface area contributed by atoms with Crippen LogP contribution in [0.15, 0.2) is 18.3 Å². The first kappa shape index (κ1) is 12.3. The summed E-state index contributed by atoms with van der Waals surface area (Å²) in [6, 6.07) is 3.85. The quantitative estimate of drug-likeness (QED) is 0.730. The molecule has 4 heteroatoms. The number of hydrogen-bond acceptors (Lipinski definition) is 2. The minimum Gasteiger partial charge on any atom is -0.574 e. The average Bonchev–Trinajstić information content (AvgIpc) is 2.54. The van der Waals surface area contributed by atoms with Crippen molar-refractivity contribution in [3.05, 3.63) is 24.0 Å². The molecule has 71 valence electrons. The second kappa shape index (κ2) is 5.85. The molecular weight excluding hydrogens is 336 g/mol. The van der Waals surface area contributed by atoms with Crippen molar-refractivity contribution in [3.63, 3.8) is 0 Å². The molecule has 2 aromatic rings. The zero-order chi connectivity index (χ0) is 8.97. The first-order valence-electron chi connectivity index (χ1n) is 4.08. The van der Waals surface area contributed by atoms with Gasteiger partial charge in [-0.05, 0) is 13.0 Å². The van der Waals surface area contributed by atoms with Gasteiger partial charge in [0.1, 0.15) is 0 Å². The average molecular weight is 348 g/mol. The summed E-state index contributed by atoms with van der Waals surface area (Å²) in [6.07, 6.45) is 1.67. The molecule has 0 aromatic carbocycles. The standard InChI is InChI=1S/C7H6N3.C2H6.Re/c1-5-2-3-6-7(9-5)4-8-10-6;1-2;/h2-4H,1H3;1-2H3;/q-1;;. The van der Waals surface area contributed by atoms with Crippen molar-refractivity contribution >= 4 is 11.0 Å². The van der Waals surface area contributed by atoms with E-state index >= 15 is 0 Å². The number of fused-ring (bicyclic) bond motifs is 1. The van der Waals surface area contributed by atoms with Gasteiger partial charge in [0.05, 0.1) is 5.52 Å². The molecule has 2 aromatic heterocycles. The number of aryl methyl sites for hydroxylation is 1. The third-order valence-electron chi connectivity index (χ3n) is 1.39. The molecule has 0 atom stereocenters. The summed E-state index contributed by atoms with van der Waals surface area (Å²) in [6.45, 7) is 5.95. The molecule has 0 fully saturated rings. The van der Waals surface area contributed by atoms with Crippen molar-refractivity contribution in [2.75, 3.05) is 0 Å². The summed E-state index contributed by atoms with van der Waals surface area (Å²) < 4.78 is 0. The van der Waals surface area contributed by atoms with Gasteiger partial charge in [0.15, 0.2) is 0 Å². The van der Waals surface area contributed by atoms with Gasteiger partial charge in [-0.2, -0.15) is 0 Å². The summed E-state index contributed by atoms with van der Waals surface area (Å²) in [4.78, 5) is 4.21. The van der Waals surface area contributed by atoms with E-state index in [1.807, 2.05) is 32.9 Å². The van der Waals surface area contributed by atoms with Crippen molar-refractivity contribution in [2.24, 2.45) is 0 Å². The molecule has 2 heterocycles. The summed E-state index contributed by atoms with van der Waals surface area (Å²) in [5, 5.41) is 7.58. The van der Waals surface area contributed by atoms with Crippen LogP contribution in [-0.2, 0) is 20.4 Å². The van der Waals surface area contributed by atoms with Crippen LogP contribution in [0.1, 0.15) is 19.5 Å². The monoisotopic (exact) mass is 349 g/mol. The van der Waals surface area contributed by atoms with E-state index in [4.69, 9.17) is 0 Å². The Bertz CT molecular complexity index is 356. The van der Waals surface area contributed by atoms with Gasteiger partial charge in [0.2, 0.25) is 0 Å². The Labute approximate surface area is 91.6 Å². The molecule has 3 nitrogen and oxygen atoms in total. The Hall–Kier alpha value is -0.718. The summed E-state index contributed by atoms with van der Waals surface area (Å²) in [5.74, 6) is 0. The molecule has 1 radical (unpaired) electrons. The van der Waals surface area contributed by atoms with E-state index in [1.165, 1.54) is 0 Å². The molecule has 0 aliphatic rings. The first-order valence-corrected chi connectivity index (χ1v) is 4.08. The Morgan fingerprint density at radius 2 is 1.92 bits per heavy atom. The van der Waals surface area contributed by atoms with Crippen LogP contribution in [0.5, 0.6) is 0 Å². The SMILES string of the molecule is CC.Cc1ccc2[n-]ncc2n1.[Re]. The molecule has 0 saturated carbocycles. The predicted molar refractivity (Wildman–Crippen MR) is 48.9 cm³/mol. The van der Waals surface area contributed by atoms with Crippen LogP contribution in [0, 0.1) is 6.92 Å². The van der Waals surface area contributed by atoms with E-state index in [0.717, 1.165) is 16.7 Å². The van der Waals surface area contributed by atoms with E-state index in [-0.39, 0.29) is 20.4 Å². The van der Waals surface area contributed by atoms with Crippen molar-refractivity contribution in [2.45, 2.75) is 20.8 Å². The second-order valence-electron chi connectivity index (χ2n) is 2.20. The van der Waals surface area contributed by atoms with E-state index in [0.29, 0.717) is 0 Å². The Balaban J connectivity index is 0.000000451. The Kier molecular flexibility index (Phi) is 5.52. The zero-order valence-electron chi connectivity index (χ0n) is 7.95. The van der Waals surface area contributed by atoms with E-state index in [2.05, 4.69) is 15.2 Å².